The van der Waals surface area contributed by atoms with Gasteiger partial charge in [-0.3, -0.25) is 9.59 Å². The van der Waals surface area contributed by atoms with Gasteiger partial charge in [0.1, 0.15) is 5.01 Å². The number of rotatable bonds is 5. The molecule has 0 atom stereocenters. The Labute approximate surface area is 149 Å². The van der Waals surface area contributed by atoms with Crippen molar-refractivity contribution in [2.24, 2.45) is 5.92 Å². The lowest BCUT2D eigenvalue weighted by molar-refractivity contribution is -0.117. The molecule has 1 aromatic heterocycles. The number of carbonyl (C=O) groups excluding carboxylic acids is 2. The lowest BCUT2D eigenvalue weighted by Gasteiger charge is -2.06. The molecule has 0 radical (unpaired) electrons. The number of carbonyl (C=O) groups is 2. The fourth-order valence-electron chi connectivity index (χ4n) is 2.55. The summed E-state index contributed by atoms with van der Waals surface area (Å²) in [5.74, 6) is 0.0733. The lowest BCUT2D eigenvalue weighted by atomic mass is 10.2. The zero-order valence-corrected chi connectivity index (χ0v) is 14.3. The maximum absolute atomic E-state index is 12.3. The van der Waals surface area contributed by atoms with Crippen molar-refractivity contribution in [2.45, 2.75) is 19.4 Å². The van der Waals surface area contributed by atoms with Crippen LogP contribution in [0.25, 0.3) is 10.2 Å². The summed E-state index contributed by atoms with van der Waals surface area (Å²) in [6.07, 6.45) is 1.94. The van der Waals surface area contributed by atoms with E-state index in [4.69, 9.17) is 0 Å². The monoisotopic (exact) mass is 351 g/mol. The average molecular weight is 351 g/mol. The topological polar surface area (TPSA) is 71.1 Å². The maximum Gasteiger partial charge on any atom is 0.251 e. The molecule has 0 aliphatic heterocycles. The molecule has 1 fully saturated rings. The average Bonchev–Trinajstić information content (AvgIpc) is 3.40. The number of fused-ring (bicyclic) bond motifs is 1. The quantitative estimate of drug-likeness (QED) is 0.738. The molecular formula is C19H17N3O2S. The van der Waals surface area contributed by atoms with Crippen LogP contribution in [-0.2, 0) is 11.3 Å². The minimum Gasteiger partial charge on any atom is -0.346 e. The molecule has 25 heavy (non-hydrogen) atoms. The van der Waals surface area contributed by atoms with Crippen LogP contribution in [-0.4, -0.2) is 16.8 Å². The molecule has 1 heterocycles. The Bertz CT molecular complexity index is 896. The number of hydrogen-bond acceptors (Lipinski definition) is 4. The molecule has 1 saturated carbocycles. The second-order valence-corrected chi connectivity index (χ2v) is 7.21. The molecule has 6 heteroatoms. The van der Waals surface area contributed by atoms with Gasteiger partial charge in [0.15, 0.2) is 0 Å². The second kappa shape index (κ2) is 6.64. The van der Waals surface area contributed by atoms with Crippen molar-refractivity contribution in [1.29, 1.82) is 0 Å². The molecular weight excluding hydrogens is 334 g/mol. The van der Waals surface area contributed by atoms with Gasteiger partial charge in [-0.25, -0.2) is 4.98 Å². The van der Waals surface area contributed by atoms with Crippen LogP contribution in [0.1, 0.15) is 28.2 Å². The van der Waals surface area contributed by atoms with Crippen molar-refractivity contribution >= 4 is 39.1 Å². The summed E-state index contributed by atoms with van der Waals surface area (Å²) in [5.41, 5.74) is 2.23. The minimum absolute atomic E-state index is 0.0630. The Morgan fingerprint density at radius 3 is 2.56 bits per heavy atom. The van der Waals surface area contributed by atoms with Crippen molar-refractivity contribution in [2.75, 3.05) is 5.32 Å². The van der Waals surface area contributed by atoms with E-state index >= 15 is 0 Å². The molecule has 1 aliphatic rings. The first-order valence-electron chi connectivity index (χ1n) is 8.22. The largest absolute Gasteiger partial charge is 0.346 e. The van der Waals surface area contributed by atoms with Gasteiger partial charge < -0.3 is 10.6 Å². The Balaban J connectivity index is 1.36. The highest BCUT2D eigenvalue weighted by molar-refractivity contribution is 7.18. The molecule has 5 nitrogen and oxygen atoms in total. The first kappa shape index (κ1) is 15.8. The van der Waals surface area contributed by atoms with Crippen molar-refractivity contribution in [3.05, 3.63) is 59.1 Å². The fourth-order valence-corrected chi connectivity index (χ4v) is 3.46. The van der Waals surface area contributed by atoms with Crippen LogP contribution in [0.15, 0.2) is 48.5 Å². The van der Waals surface area contributed by atoms with E-state index in [1.807, 2.05) is 24.3 Å². The normalized spacial score (nSPS) is 13.6. The first-order valence-corrected chi connectivity index (χ1v) is 9.04. The van der Waals surface area contributed by atoms with Crippen molar-refractivity contribution in [1.82, 2.24) is 10.3 Å². The molecule has 1 aliphatic carbocycles. The number of anilines is 1. The van der Waals surface area contributed by atoms with Crippen molar-refractivity contribution < 1.29 is 9.59 Å². The van der Waals surface area contributed by atoms with Gasteiger partial charge in [-0.05, 0) is 49.2 Å². The van der Waals surface area contributed by atoms with Crippen LogP contribution < -0.4 is 10.6 Å². The summed E-state index contributed by atoms with van der Waals surface area (Å²) in [7, 11) is 0. The second-order valence-electron chi connectivity index (χ2n) is 6.10. The third kappa shape index (κ3) is 3.69. The van der Waals surface area contributed by atoms with Gasteiger partial charge in [-0.1, -0.05) is 12.1 Å². The predicted molar refractivity (Wildman–Crippen MR) is 98.6 cm³/mol. The van der Waals surface area contributed by atoms with E-state index in [0.717, 1.165) is 33.8 Å². The van der Waals surface area contributed by atoms with E-state index in [-0.39, 0.29) is 17.7 Å². The van der Waals surface area contributed by atoms with Crippen LogP contribution in [0.3, 0.4) is 0 Å². The van der Waals surface area contributed by atoms with E-state index in [1.165, 1.54) is 0 Å². The third-order valence-corrected chi connectivity index (χ3v) is 5.14. The van der Waals surface area contributed by atoms with Gasteiger partial charge in [-0.2, -0.15) is 0 Å². The predicted octanol–water partition coefficient (Wildman–Crippen LogP) is 3.57. The minimum atomic E-state index is -0.153. The third-order valence-electron chi connectivity index (χ3n) is 4.10. The summed E-state index contributed by atoms with van der Waals surface area (Å²) in [6.45, 7) is 0.401. The highest BCUT2D eigenvalue weighted by Crippen LogP contribution is 2.30. The number of thiazole rings is 1. The number of amides is 2. The van der Waals surface area contributed by atoms with Crippen LogP contribution in [0, 0.1) is 5.92 Å². The standard InChI is InChI=1S/C19H17N3O2S/c23-18(20-11-17-22-15-3-1-2-4-16(15)25-17)12-7-9-14(10-8-12)21-19(24)13-5-6-13/h1-4,7-10,13H,5-6,11H2,(H,20,23)(H,21,24). The number of hydrogen-bond donors (Lipinski definition) is 2. The van der Waals surface area contributed by atoms with Crippen LogP contribution in [0.5, 0.6) is 0 Å². The van der Waals surface area contributed by atoms with Gasteiger partial charge in [0.25, 0.3) is 5.91 Å². The molecule has 0 unspecified atom stereocenters. The molecule has 0 bridgehead atoms. The Morgan fingerprint density at radius 1 is 1.08 bits per heavy atom. The molecule has 126 valence electrons. The fraction of sp³-hybridized carbons (Fsp3) is 0.211. The SMILES string of the molecule is O=C(NCc1nc2ccccc2s1)c1ccc(NC(=O)C2CC2)cc1. The van der Waals surface area contributed by atoms with Gasteiger partial charge in [0.2, 0.25) is 5.91 Å². The van der Waals surface area contributed by atoms with E-state index in [1.54, 1.807) is 35.6 Å². The van der Waals surface area contributed by atoms with Crippen LogP contribution in [0.4, 0.5) is 5.69 Å². The zero-order valence-electron chi connectivity index (χ0n) is 13.5. The summed E-state index contributed by atoms with van der Waals surface area (Å²) in [6, 6.07) is 14.9. The maximum atomic E-state index is 12.3. The Kier molecular flexibility index (Phi) is 4.19. The Morgan fingerprint density at radius 2 is 1.84 bits per heavy atom. The zero-order chi connectivity index (χ0) is 17.2. The number of benzene rings is 2. The van der Waals surface area contributed by atoms with E-state index in [0.29, 0.717) is 12.1 Å². The summed E-state index contributed by atoms with van der Waals surface area (Å²) >= 11 is 1.58. The van der Waals surface area contributed by atoms with E-state index < -0.39 is 0 Å². The Hall–Kier alpha value is -2.73. The molecule has 2 amide bonds. The molecule has 0 saturated heterocycles. The summed E-state index contributed by atoms with van der Waals surface area (Å²) in [4.78, 5) is 28.5. The molecule has 2 aromatic carbocycles. The van der Waals surface area contributed by atoms with Gasteiger partial charge >= 0.3 is 0 Å². The molecule has 4 rings (SSSR count). The van der Waals surface area contributed by atoms with Gasteiger partial charge in [0, 0.05) is 17.2 Å². The van der Waals surface area contributed by atoms with E-state index in [2.05, 4.69) is 15.6 Å². The summed E-state index contributed by atoms with van der Waals surface area (Å²) < 4.78 is 1.11. The number of nitrogens with one attached hydrogen (secondary N) is 2. The van der Waals surface area contributed by atoms with Crippen LogP contribution in [0.2, 0.25) is 0 Å². The van der Waals surface area contributed by atoms with Gasteiger partial charge in [0.05, 0.1) is 16.8 Å². The highest BCUT2D eigenvalue weighted by atomic mass is 32.1. The first-order chi connectivity index (χ1) is 12.2. The van der Waals surface area contributed by atoms with Gasteiger partial charge in [-0.15, -0.1) is 11.3 Å². The van der Waals surface area contributed by atoms with Crippen molar-refractivity contribution in [3.8, 4) is 0 Å². The molecule has 2 N–H and O–H groups in total. The molecule has 3 aromatic rings. The number of para-hydroxylation sites is 1. The van der Waals surface area contributed by atoms with E-state index in [9.17, 15) is 9.59 Å². The smallest absolute Gasteiger partial charge is 0.251 e. The highest BCUT2D eigenvalue weighted by Gasteiger charge is 2.29. The number of aromatic nitrogens is 1. The van der Waals surface area contributed by atoms with Crippen molar-refractivity contribution in [3.63, 3.8) is 0 Å². The summed E-state index contributed by atoms with van der Waals surface area (Å²) in [5, 5.41) is 6.63. The van der Waals surface area contributed by atoms with Crippen LogP contribution >= 0.6 is 11.3 Å². The molecule has 0 spiro atoms. The lowest BCUT2D eigenvalue weighted by Crippen LogP contribution is -2.22. The number of nitrogens with zero attached hydrogens (tertiary/aromatic N) is 1.